The molecule has 1 aliphatic heterocycles. The van der Waals surface area contributed by atoms with E-state index < -0.39 is 42.4 Å². The van der Waals surface area contributed by atoms with Gasteiger partial charge in [-0.15, -0.1) is 0 Å². The lowest BCUT2D eigenvalue weighted by molar-refractivity contribution is -0.143. The molecule has 5 rings (SSSR count). The van der Waals surface area contributed by atoms with Gasteiger partial charge < -0.3 is 14.7 Å². The van der Waals surface area contributed by atoms with Gasteiger partial charge in [0.05, 0.1) is 23.8 Å². The number of benzene rings is 2. The number of ether oxygens (including phenoxy) is 1. The van der Waals surface area contributed by atoms with Crippen molar-refractivity contribution in [2.75, 3.05) is 6.54 Å². The van der Waals surface area contributed by atoms with Crippen molar-refractivity contribution in [1.82, 2.24) is 4.90 Å². The third-order valence-corrected chi connectivity index (χ3v) is 8.29. The van der Waals surface area contributed by atoms with E-state index in [1.165, 1.54) is 0 Å². The molecule has 0 amide bonds. The normalized spacial score (nSPS) is 27.6. The summed E-state index contributed by atoms with van der Waals surface area (Å²) in [5.74, 6) is -0.418. The van der Waals surface area contributed by atoms with Crippen molar-refractivity contribution >= 4 is 5.78 Å². The van der Waals surface area contributed by atoms with Crippen LogP contribution in [0.1, 0.15) is 59.4 Å². The van der Waals surface area contributed by atoms with Crippen molar-refractivity contribution in [3.05, 3.63) is 82.1 Å². The topological polar surface area (TPSA) is 49.8 Å². The Bertz CT molecular complexity index is 1240. The highest BCUT2D eigenvalue weighted by atomic mass is 19.4. The molecule has 0 bridgehead atoms. The molecule has 1 saturated heterocycles. The molecule has 2 aliphatic carbocycles. The summed E-state index contributed by atoms with van der Waals surface area (Å²) in [5.41, 5.74) is -0.189. The Morgan fingerprint density at radius 3 is 2.21 bits per heavy atom. The minimum absolute atomic E-state index is 0.0167. The third-order valence-electron chi connectivity index (χ3n) is 8.29. The smallest absolute Gasteiger partial charge is 0.373 e. The number of alkyl halides is 6. The Labute approximate surface area is 222 Å². The predicted octanol–water partition coefficient (Wildman–Crippen LogP) is 6.61. The lowest BCUT2D eigenvalue weighted by atomic mass is 9.68. The van der Waals surface area contributed by atoms with E-state index in [1.807, 2.05) is 36.1 Å². The number of aliphatic hydroxyl groups excluding tert-OH is 1. The van der Waals surface area contributed by atoms with Gasteiger partial charge in [-0.05, 0) is 67.0 Å². The second kappa shape index (κ2) is 10.3. The van der Waals surface area contributed by atoms with E-state index in [0.29, 0.717) is 44.4 Å². The van der Waals surface area contributed by atoms with Gasteiger partial charge in [-0.2, -0.15) is 26.3 Å². The number of carbonyl (C=O) groups is 1. The number of allylic oxidation sites excluding steroid dienone is 2. The number of aryl methyl sites for hydroxylation is 1. The molecule has 10 heteroatoms. The number of halogens is 6. The SMILES string of the molecule is Cc1ccccc1[C@H]1[C@@H]2CN(C3=CC(=O)CC3)C(O)[C@H]2CC[C@@H]1OCc1cc(C(F)(F)F)cc(C(F)(F)F)c1. The first-order valence-electron chi connectivity index (χ1n) is 13.0. The van der Waals surface area contributed by atoms with Crippen molar-refractivity contribution in [2.45, 2.75) is 69.8 Å². The summed E-state index contributed by atoms with van der Waals surface area (Å²) in [5, 5.41) is 11.2. The molecule has 3 aliphatic rings. The molecule has 2 aromatic carbocycles. The van der Waals surface area contributed by atoms with Crippen LogP contribution in [0.2, 0.25) is 0 Å². The lowest BCUT2D eigenvalue weighted by Crippen LogP contribution is -2.39. The van der Waals surface area contributed by atoms with E-state index in [2.05, 4.69) is 0 Å². The summed E-state index contributed by atoms with van der Waals surface area (Å²) >= 11 is 0. The molecule has 2 aromatic rings. The van der Waals surface area contributed by atoms with Crippen molar-refractivity contribution in [3.8, 4) is 0 Å². The minimum Gasteiger partial charge on any atom is -0.373 e. The molecule has 4 nitrogen and oxygen atoms in total. The standard InChI is InChI=1S/C29H29F6NO3/c1-16-4-2-3-5-22(16)26-24-14-36(20-6-7-21(37)13-20)27(38)23(24)8-9-25(26)39-15-17-10-18(28(30,31)32)12-19(11-17)29(33,34)35/h2-5,10-13,23-27,38H,6-9,14-15H2,1H3/t23-,24+,25-,26-,27?/m0/s1. The molecule has 210 valence electrons. The number of nitrogens with zero attached hydrogens (tertiary/aromatic N) is 1. The fourth-order valence-electron chi connectivity index (χ4n) is 6.46. The second-order valence-corrected chi connectivity index (χ2v) is 10.7. The van der Waals surface area contributed by atoms with Gasteiger partial charge in [0.15, 0.2) is 5.78 Å². The Morgan fingerprint density at radius 1 is 0.949 bits per heavy atom. The van der Waals surface area contributed by atoms with E-state index in [9.17, 15) is 36.2 Å². The molecule has 0 radical (unpaired) electrons. The Hall–Kier alpha value is -2.85. The van der Waals surface area contributed by atoms with Crippen LogP contribution in [-0.2, 0) is 28.5 Å². The van der Waals surface area contributed by atoms with E-state index in [-0.39, 0.29) is 35.2 Å². The van der Waals surface area contributed by atoms with E-state index in [4.69, 9.17) is 4.74 Å². The molecular weight excluding hydrogens is 524 g/mol. The molecule has 39 heavy (non-hydrogen) atoms. The first-order valence-corrected chi connectivity index (χ1v) is 13.0. The Morgan fingerprint density at radius 2 is 1.62 bits per heavy atom. The van der Waals surface area contributed by atoms with Crippen LogP contribution in [0.3, 0.4) is 0 Å². The quantitative estimate of drug-likeness (QED) is 0.424. The van der Waals surface area contributed by atoms with Crippen molar-refractivity contribution in [2.24, 2.45) is 11.8 Å². The minimum atomic E-state index is -4.93. The number of hydrogen-bond acceptors (Lipinski definition) is 4. The van der Waals surface area contributed by atoms with Gasteiger partial charge in [-0.1, -0.05) is 24.3 Å². The summed E-state index contributed by atoms with van der Waals surface area (Å²) in [6.07, 6.45) is -7.54. The summed E-state index contributed by atoms with van der Waals surface area (Å²) in [6, 6.07) is 9.19. The molecule has 1 heterocycles. The highest BCUT2D eigenvalue weighted by Crippen LogP contribution is 2.50. The summed E-state index contributed by atoms with van der Waals surface area (Å²) in [4.78, 5) is 13.7. The van der Waals surface area contributed by atoms with Crippen molar-refractivity contribution in [3.63, 3.8) is 0 Å². The van der Waals surface area contributed by atoms with E-state index in [1.54, 1.807) is 6.08 Å². The number of ketones is 1. The molecule has 0 spiro atoms. The summed E-state index contributed by atoms with van der Waals surface area (Å²) < 4.78 is 86.4. The maximum atomic E-state index is 13.4. The Kier molecular flexibility index (Phi) is 7.30. The van der Waals surface area contributed by atoms with Crippen molar-refractivity contribution in [1.29, 1.82) is 0 Å². The lowest BCUT2D eigenvalue weighted by Gasteiger charge is -2.40. The third kappa shape index (κ3) is 5.59. The van der Waals surface area contributed by atoms with Gasteiger partial charge in [0.2, 0.25) is 0 Å². The van der Waals surface area contributed by atoms with Gasteiger partial charge in [-0.3, -0.25) is 4.79 Å². The van der Waals surface area contributed by atoms with Crippen LogP contribution in [0.25, 0.3) is 0 Å². The van der Waals surface area contributed by atoms with Gasteiger partial charge in [-0.25, -0.2) is 0 Å². The highest BCUT2D eigenvalue weighted by molar-refractivity contribution is 5.92. The first kappa shape index (κ1) is 27.7. The number of rotatable bonds is 5. The number of fused-ring (bicyclic) bond motifs is 1. The average Bonchev–Trinajstić information content (AvgIpc) is 3.44. The van der Waals surface area contributed by atoms with Crippen LogP contribution in [0, 0.1) is 18.8 Å². The van der Waals surface area contributed by atoms with Crippen LogP contribution in [0.4, 0.5) is 26.3 Å². The molecule has 2 fully saturated rings. The maximum Gasteiger partial charge on any atom is 0.416 e. The molecule has 1 saturated carbocycles. The van der Waals surface area contributed by atoms with E-state index in [0.717, 1.165) is 16.8 Å². The number of carbonyl (C=O) groups excluding carboxylic acids is 1. The van der Waals surface area contributed by atoms with Crippen LogP contribution in [0.15, 0.2) is 54.2 Å². The van der Waals surface area contributed by atoms with Gasteiger partial charge in [0.1, 0.15) is 6.23 Å². The van der Waals surface area contributed by atoms with Crippen LogP contribution >= 0.6 is 0 Å². The van der Waals surface area contributed by atoms with Gasteiger partial charge in [0.25, 0.3) is 0 Å². The highest BCUT2D eigenvalue weighted by Gasteiger charge is 2.51. The molecule has 1 N–H and O–H groups in total. The molecular formula is C29H29F6NO3. The van der Waals surface area contributed by atoms with Crippen LogP contribution in [0.5, 0.6) is 0 Å². The van der Waals surface area contributed by atoms with Gasteiger partial charge >= 0.3 is 12.4 Å². The zero-order valence-electron chi connectivity index (χ0n) is 21.2. The van der Waals surface area contributed by atoms with Crippen LogP contribution < -0.4 is 0 Å². The largest absolute Gasteiger partial charge is 0.416 e. The number of hydrogen-bond donors (Lipinski definition) is 1. The molecule has 1 unspecified atom stereocenters. The van der Waals surface area contributed by atoms with E-state index >= 15 is 0 Å². The summed E-state index contributed by atoms with van der Waals surface area (Å²) in [6.45, 7) is 2.01. The van der Waals surface area contributed by atoms with Gasteiger partial charge in [0, 0.05) is 36.6 Å². The zero-order chi connectivity index (χ0) is 28.1. The first-order chi connectivity index (χ1) is 18.3. The summed E-state index contributed by atoms with van der Waals surface area (Å²) in [7, 11) is 0. The van der Waals surface area contributed by atoms with Crippen LogP contribution in [-0.4, -0.2) is 34.7 Å². The fraction of sp³-hybridized carbons (Fsp3) is 0.483. The average molecular weight is 554 g/mol. The molecule has 5 atom stereocenters. The number of likely N-dealkylation sites (tertiary alicyclic amines) is 1. The fourth-order valence-corrected chi connectivity index (χ4v) is 6.46. The predicted molar refractivity (Wildman–Crippen MR) is 130 cm³/mol. The van der Waals surface area contributed by atoms with Crippen molar-refractivity contribution < 1.29 is 41.0 Å². The second-order valence-electron chi connectivity index (χ2n) is 10.7. The maximum absolute atomic E-state index is 13.4. The monoisotopic (exact) mass is 553 g/mol. The zero-order valence-corrected chi connectivity index (χ0v) is 21.2. The molecule has 0 aromatic heterocycles. The Balaban J connectivity index is 1.44. The number of aliphatic hydroxyl groups is 1.